The lowest BCUT2D eigenvalue weighted by molar-refractivity contribution is 0.123. The van der Waals surface area contributed by atoms with Gasteiger partial charge in [0.05, 0.1) is 35.5 Å². The monoisotopic (exact) mass is 383 g/mol. The van der Waals surface area contributed by atoms with Crippen LogP contribution < -0.4 is 15.5 Å². The Labute approximate surface area is 162 Å². The molecule has 3 aromatic rings. The smallest absolute Gasteiger partial charge is 0.320 e. The topological polar surface area (TPSA) is 71.4 Å². The van der Waals surface area contributed by atoms with Crippen LogP contribution in [0, 0.1) is 5.82 Å². The summed E-state index contributed by atoms with van der Waals surface area (Å²) >= 11 is 0. The minimum atomic E-state index is -0.344. The van der Waals surface area contributed by atoms with E-state index < -0.39 is 0 Å². The molecule has 2 heterocycles. The third-order valence-corrected chi connectivity index (χ3v) is 4.66. The van der Waals surface area contributed by atoms with Crippen molar-refractivity contribution >= 4 is 28.4 Å². The molecule has 28 heavy (non-hydrogen) atoms. The molecule has 146 valence electrons. The predicted octanol–water partition coefficient (Wildman–Crippen LogP) is 3.14. The third kappa shape index (κ3) is 3.50. The van der Waals surface area contributed by atoms with E-state index in [1.807, 2.05) is 25.1 Å². The van der Waals surface area contributed by atoms with E-state index in [-0.39, 0.29) is 11.8 Å². The van der Waals surface area contributed by atoms with Gasteiger partial charge in [0.2, 0.25) is 0 Å². The molecule has 7 nitrogen and oxygen atoms in total. The maximum Gasteiger partial charge on any atom is 0.320 e. The van der Waals surface area contributed by atoms with Crippen molar-refractivity contribution in [2.75, 3.05) is 43.1 Å². The van der Waals surface area contributed by atoms with Crippen LogP contribution in [0.4, 0.5) is 20.7 Å². The van der Waals surface area contributed by atoms with Crippen molar-refractivity contribution in [2.24, 2.45) is 0 Å². The minimum Gasteiger partial charge on any atom is -0.378 e. The van der Waals surface area contributed by atoms with E-state index in [2.05, 4.69) is 20.6 Å². The summed E-state index contributed by atoms with van der Waals surface area (Å²) in [5.41, 5.74) is 2.35. The number of ether oxygens (including phenoxy) is 1. The molecule has 0 aliphatic carbocycles. The highest BCUT2D eigenvalue weighted by molar-refractivity contribution is 6.06. The Morgan fingerprint density at radius 2 is 2.00 bits per heavy atom. The Hall–Kier alpha value is -3.13. The van der Waals surface area contributed by atoms with E-state index in [0.717, 1.165) is 29.7 Å². The summed E-state index contributed by atoms with van der Waals surface area (Å²) in [6.07, 6.45) is 0. The molecule has 0 spiro atoms. The summed E-state index contributed by atoms with van der Waals surface area (Å²) in [6.45, 7) is 5.16. The zero-order valence-electron chi connectivity index (χ0n) is 15.6. The maximum atomic E-state index is 13.8. The molecule has 4 rings (SSSR count). The molecule has 0 unspecified atom stereocenters. The Balaban J connectivity index is 1.87. The highest BCUT2D eigenvalue weighted by Gasteiger charge is 2.21. The second-order valence-electron chi connectivity index (χ2n) is 6.50. The molecule has 0 radical (unpaired) electrons. The first-order valence-corrected chi connectivity index (χ1v) is 9.32. The van der Waals surface area contributed by atoms with Crippen molar-refractivity contribution in [3.8, 4) is 5.69 Å². The molecule has 1 saturated heterocycles. The lowest BCUT2D eigenvalue weighted by Crippen LogP contribution is -2.36. The Morgan fingerprint density at radius 1 is 1.21 bits per heavy atom. The van der Waals surface area contributed by atoms with Crippen LogP contribution in [-0.4, -0.2) is 48.7 Å². The van der Waals surface area contributed by atoms with Gasteiger partial charge in [0.25, 0.3) is 0 Å². The summed E-state index contributed by atoms with van der Waals surface area (Å²) in [7, 11) is 0. The predicted molar refractivity (Wildman–Crippen MR) is 107 cm³/mol. The zero-order chi connectivity index (χ0) is 19.5. The van der Waals surface area contributed by atoms with E-state index in [0.29, 0.717) is 31.3 Å². The lowest BCUT2D eigenvalue weighted by Gasteiger charge is -2.29. The molecule has 1 aliphatic rings. The van der Waals surface area contributed by atoms with Gasteiger partial charge in [-0.05, 0) is 37.3 Å². The fourth-order valence-electron chi connectivity index (χ4n) is 3.42. The zero-order valence-corrected chi connectivity index (χ0v) is 15.6. The van der Waals surface area contributed by atoms with E-state index >= 15 is 0 Å². The highest BCUT2D eigenvalue weighted by Crippen LogP contribution is 2.35. The third-order valence-electron chi connectivity index (χ3n) is 4.66. The van der Waals surface area contributed by atoms with Crippen LogP contribution in [-0.2, 0) is 4.74 Å². The number of morpholine rings is 1. The van der Waals surface area contributed by atoms with Crippen molar-refractivity contribution in [2.45, 2.75) is 6.92 Å². The molecular formula is C20H22FN5O2. The second kappa shape index (κ2) is 7.85. The molecule has 8 heteroatoms. The van der Waals surface area contributed by atoms with Crippen molar-refractivity contribution < 1.29 is 13.9 Å². The van der Waals surface area contributed by atoms with Crippen LogP contribution in [0.15, 0.2) is 42.5 Å². The molecule has 0 atom stereocenters. The number of benzene rings is 2. The van der Waals surface area contributed by atoms with E-state index in [4.69, 9.17) is 4.74 Å². The van der Waals surface area contributed by atoms with E-state index in [1.165, 1.54) is 12.1 Å². The Kier molecular flexibility index (Phi) is 5.12. The Bertz CT molecular complexity index is 997. The first-order chi connectivity index (χ1) is 13.7. The molecule has 0 bridgehead atoms. The number of rotatable bonds is 4. The molecule has 2 N–H and O–H groups in total. The van der Waals surface area contributed by atoms with Crippen LogP contribution in [0.3, 0.4) is 0 Å². The minimum absolute atomic E-state index is 0.329. The number of nitrogens with one attached hydrogen (secondary N) is 2. The molecule has 1 aliphatic heterocycles. The normalized spacial score (nSPS) is 14.3. The molecule has 0 saturated carbocycles. The fourth-order valence-corrected chi connectivity index (χ4v) is 3.42. The van der Waals surface area contributed by atoms with Gasteiger partial charge < -0.3 is 15.0 Å². The lowest BCUT2D eigenvalue weighted by atomic mass is 10.1. The average molecular weight is 383 g/mol. The van der Waals surface area contributed by atoms with Crippen molar-refractivity contribution in [1.82, 2.24) is 15.1 Å². The Morgan fingerprint density at radius 3 is 2.75 bits per heavy atom. The summed E-state index contributed by atoms with van der Waals surface area (Å²) in [6, 6.07) is 11.8. The van der Waals surface area contributed by atoms with Crippen molar-refractivity contribution in [3.63, 3.8) is 0 Å². The fraction of sp³-hybridized carbons (Fsp3) is 0.300. The number of carbonyl (C=O) groups excluding carboxylic acids is 1. The standard InChI is InChI=1S/C20H22FN5O2/c1-2-22-20(27)23-19-18-16(25-9-11-28-12-10-25)7-4-8-17(18)26(24-19)15-6-3-5-14(21)13-15/h3-8,13H,2,9-12H2,1H3,(H2,22,23,24,27). The van der Waals surface area contributed by atoms with Gasteiger partial charge in [0.15, 0.2) is 5.82 Å². The van der Waals surface area contributed by atoms with Gasteiger partial charge in [0, 0.05) is 19.6 Å². The number of nitrogens with zero attached hydrogens (tertiary/aromatic N) is 3. The van der Waals surface area contributed by atoms with Gasteiger partial charge in [-0.2, -0.15) is 0 Å². The number of anilines is 2. The summed E-state index contributed by atoms with van der Waals surface area (Å²) < 4.78 is 20.9. The summed E-state index contributed by atoms with van der Waals surface area (Å²) in [5, 5.41) is 11.0. The molecule has 2 amide bonds. The number of urea groups is 1. The number of carbonyl (C=O) groups is 1. The first kappa shape index (κ1) is 18.2. The highest BCUT2D eigenvalue weighted by atomic mass is 19.1. The number of halogens is 1. The summed E-state index contributed by atoms with van der Waals surface area (Å²) in [4.78, 5) is 14.4. The average Bonchev–Trinajstić information content (AvgIpc) is 3.07. The second-order valence-corrected chi connectivity index (χ2v) is 6.50. The first-order valence-electron chi connectivity index (χ1n) is 9.32. The van der Waals surface area contributed by atoms with E-state index in [9.17, 15) is 9.18 Å². The molecule has 2 aromatic carbocycles. The maximum absolute atomic E-state index is 13.8. The van der Waals surface area contributed by atoms with Crippen LogP contribution in [0.25, 0.3) is 16.6 Å². The van der Waals surface area contributed by atoms with Gasteiger partial charge >= 0.3 is 6.03 Å². The molecule has 1 aromatic heterocycles. The van der Waals surface area contributed by atoms with Gasteiger partial charge in [-0.3, -0.25) is 5.32 Å². The van der Waals surface area contributed by atoms with Crippen molar-refractivity contribution in [3.05, 3.63) is 48.3 Å². The van der Waals surface area contributed by atoms with Gasteiger partial charge in [-0.1, -0.05) is 12.1 Å². The van der Waals surface area contributed by atoms with Crippen LogP contribution >= 0.6 is 0 Å². The number of amides is 2. The van der Waals surface area contributed by atoms with Crippen LogP contribution in [0.1, 0.15) is 6.92 Å². The molecular weight excluding hydrogens is 361 g/mol. The van der Waals surface area contributed by atoms with Crippen LogP contribution in [0.2, 0.25) is 0 Å². The van der Waals surface area contributed by atoms with Crippen molar-refractivity contribution in [1.29, 1.82) is 0 Å². The quantitative estimate of drug-likeness (QED) is 0.726. The molecule has 1 fully saturated rings. The SMILES string of the molecule is CCNC(=O)Nc1nn(-c2cccc(F)c2)c2cccc(N3CCOCC3)c12. The number of hydrogen-bond donors (Lipinski definition) is 2. The van der Waals surface area contributed by atoms with Gasteiger partial charge in [-0.15, -0.1) is 5.10 Å². The van der Waals surface area contributed by atoms with Gasteiger partial charge in [0.1, 0.15) is 5.82 Å². The number of hydrogen-bond acceptors (Lipinski definition) is 4. The largest absolute Gasteiger partial charge is 0.378 e. The summed E-state index contributed by atoms with van der Waals surface area (Å²) in [5.74, 6) is 0.0935. The number of aromatic nitrogens is 2. The van der Waals surface area contributed by atoms with Crippen LogP contribution in [0.5, 0.6) is 0 Å². The number of fused-ring (bicyclic) bond motifs is 1. The van der Waals surface area contributed by atoms with Gasteiger partial charge in [-0.25, -0.2) is 13.9 Å². The van der Waals surface area contributed by atoms with E-state index in [1.54, 1.807) is 16.8 Å².